The second-order valence-corrected chi connectivity index (χ2v) is 3.28. The van der Waals surface area contributed by atoms with E-state index in [0.717, 1.165) is 0 Å². The highest BCUT2D eigenvalue weighted by atomic mass is 79.9. The summed E-state index contributed by atoms with van der Waals surface area (Å²) in [5.41, 5.74) is -0.415. The summed E-state index contributed by atoms with van der Waals surface area (Å²) in [7, 11) is 0. The highest BCUT2D eigenvalue weighted by Crippen LogP contribution is 2.20. The Morgan fingerprint density at radius 1 is 1.75 bits per heavy atom. The average Bonchev–Trinajstić information content (AvgIpc) is 1.67. The van der Waals surface area contributed by atoms with Crippen molar-refractivity contribution in [3.8, 4) is 0 Å². The van der Waals surface area contributed by atoms with Crippen LogP contribution >= 0.6 is 27.5 Å². The minimum Gasteiger partial charge on any atom is -0.286 e. The molecule has 0 radical (unpaired) electrons. The van der Waals surface area contributed by atoms with E-state index in [4.69, 9.17) is 11.6 Å². The van der Waals surface area contributed by atoms with Crippen molar-refractivity contribution in [3.05, 3.63) is 0 Å². The quantitative estimate of drug-likeness (QED) is 0.492. The summed E-state index contributed by atoms with van der Waals surface area (Å²) < 4.78 is -0.0417. The fraction of sp³-hybridized carbons (Fsp3) is 0.800. The number of alkyl halides is 1. The Balaban J connectivity index is 3.91. The number of halogens is 2. The first-order valence-corrected chi connectivity index (χ1v) is 3.59. The van der Waals surface area contributed by atoms with Gasteiger partial charge in [0.05, 0.1) is 0 Å². The fourth-order valence-electron chi connectivity index (χ4n) is 0.0525. The number of hydrogen-bond donors (Lipinski definition) is 0. The molecule has 48 valence electrons. The third-order valence-corrected chi connectivity index (χ3v) is 2.61. The van der Waals surface area contributed by atoms with E-state index in [1.807, 2.05) is 0 Å². The van der Waals surface area contributed by atoms with Crippen molar-refractivity contribution in [3.63, 3.8) is 0 Å². The fourth-order valence-corrected chi connectivity index (χ4v) is 0.475. The van der Waals surface area contributed by atoms with E-state index in [1.54, 1.807) is 13.8 Å². The maximum absolute atomic E-state index is 10.5. The lowest BCUT2D eigenvalue weighted by atomic mass is 9.99. The van der Waals surface area contributed by atoms with Gasteiger partial charge in [0, 0.05) is 11.3 Å². The van der Waals surface area contributed by atoms with Gasteiger partial charge in [0.15, 0.2) is 0 Å². The molecule has 0 amide bonds. The number of carbonyl (C=O) groups excluding carboxylic acids is 1. The molecule has 0 N–H and O–H groups in total. The molecule has 0 aliphatic heterocycles. The highest BCUT2D eigenvalue weighted by Gasteiger charge is 2.23. The number of carbonyl (C=O) groups is 1. The van der Waals surface area contributed by atoms with Gasteiger partial charge in [-0.05, 0) is 15.9 Å². The first kappa shape index (κ1) is 8.44. The summed E-state index contributed by atoms with van der Waals surface area (Å²) >= 11 is 8.27. The Hall–Kier alpha value is 0.440. The van der Waals surface area contributed by atoms with Crippen LogP contribution in [0, 0.1) is 5.41 Å². The van der Waals surface area contributed by atoms with Crippen molar-refractivity contribution in [2.75, 3.05) is 5.88 Å². The SMILES string of the molecule is CC(C)(CCl)C(=O)Br. The average molecular weight is 199 g/mol. The van der Waals surface area contributed by atoms with E-state index >= 15 is 0 Å². The molecule has 0 aromatic rings. The van der Waals surface area contributed by atoms with Crippen LogP contribution in [0.5, 0.6) is 0 Å². The Kier molecular flexibility index (Phi) is 2.99. The van der Waals surface area contributed by atoms with Crippen LogP contribution in [-0.4, -0.2) is 10.6 Å². The molecule has 0 aliphatic carbocycles. The lowest BCUT2D eigenvalue weighted by Gasteiger charge is -2.13. The minimum absolute atomic E-state index is 0.0417. The zero-order valence-electron chi connectivity index (χ0n) is 4.87. The predicted octanol–water partition coefficient (Wildman–Crippen LogP) is 2.17. The molecule has 0 aliphatic rings. The second kappa shape index (κ2) is 2.83. The number of hydrogen-bond acceptors (Lipinski definition) is 1. The molecule has 0 bridgehead atoms. The van der Waals surface area contributed by atoms with Crippen molar-refractivity contribution in [1.82, 2.24) is 0 Å². The molecule has 0 heterocycles. The molecule has 3 heteroatoms. The van der Waals surface area contributed by atoms with Gasteiger partial charge in [0.25, 0.3) is 0 Å². The summed E-state index contributed by atoms with van der Waals surface area (Å²) in [5, 5.41) is 0. The topological polar surface area (TPSA) is 17.1 Å². The van der Waals surface area contributed by atoms with Gasteiger partial charge in [-0.15, -0.1) is 11.6 Å². The van der Waals surface area contributed by atoms with Gasteiger partial charge < -0.3 is 0 Å². The minimum atomic E-state index is -0.415. The molecule has 0 fully saturated rings. The summed E-state index contributed by atoms with van der Waals surface area (Å²) in [4.78, 5) is 10.5. The van der Waals surface area contributed by atoms with Gasteiger partial charge in [0.2, 0.25) is 4.69 Å². The molecule has 0 atom stereocenters. The largest absolute Gasteiger partial charge is 0.286 e. The van der Waals surface area contributed by atoms with Gasteiger partial charge in [-0.1, -0.05) is 13.8 Å². The smallest absolute Gasteiger partial charge is 0.204 e. The summed E-state index contributed by atoms with van der Waals surface area (Å²) in [6, 6.07) is 0. The lowest BCUT2D eigenvalue weighted by Crippen LogP contribution is -2.20. The molecule has 0 aromatic carbocycles. The molecule has 0 spiro atoms. The molecular weight excluding hydrogens is 191 g/mol. The van der Waals surface area contributed by atoms with E-state index in [2.05, 4.69) is 15.9 Å². The van der Waals surface area contributed by atoms with Gasteiger partial charge in [0.1, 0.15) is 0 Å². The van der Waals surface area contributed by atoms with Crippen molar-refractivity contribution < 1.29 is 4.79 Å². The molecule has 8 heavy (non-hydrogen) atoms. The van der Waals surface area contributed by atoms with Crippen LogP contribution in [0.15, 0.2) is 0 Å². The molecule has 0 unspecified atom stereocenters. The van der Waals surface area contributed by atoms with Gasteiger partial charge >= 0.3 is 0 Å². The monoisotopic (exact) mass is 198 g/mol. The van der Waals surface area contributed by atoms with Gasteiger partial charge in [-0.3, -0.25) is 4.79 Å². The first-order chi connectivity index (χ1) is 3.50. The van der Waals surface area contributed by atoms with E-state index in [-0.39, 0.29) is 4.69 Å². The zero-order valence-corrected chi connectivity index (χ0v) is 7.21. The third kappa shape index (κ3) is 2.14. The van der Waals surface area contributed by atoms with Crippen LogP contribution < -0.4 is 0 Å². The van der Waals surface area contributed by atoms with Gasteiger partial charge in [-0.2, -0.15) is 0 Å². The predicted molar refractivity (Wildman–Crippen MR) is 38.4 cm³/mol. The highest BCUT2D eigenvalue weighted by molar-refractivity contribution is 9.18. The third-order valence-electron chi connectivity index (χ3n) is 0.866. The molecular formula is C5H8BrClO. The second-order valence-electron chi connectivity index (χ2n) is 2.29. The lowest BCUT2D eigenvalue weighted by molar-refractivity contribution is -0.116. The van der Waals surface area contributed by atoms with Crippen LogP contribution in [0.3, 0.4) is 0 Å². The molecule has 0 rings (SSSR count). The maximum Gasteiger partial charge on any atom is 0.204 e. The van der Waals surface area contributed by atoms with Crippen LogP contribution in [0.2, 0.25) is 0 Å². The van der Waals surface area contributed by atoms with Gasteiger partial charge in [-0.25, -0.2) is 0 Å². The zero-order chi connectivity index (χ0) is 6.78. The summed E-state index contributed by atoms with van der Waals surface area (Å²) in [6.45, 7) is 3.58. The Labute approximate surface area is 62.5 Å². The van der Waals surface area contributed by atoms with Crippen LogP contribution in [0.1, 0.15) is 13.8 Å². The maximum atomic E-state index is 10.5. The van der Waals surface area contributed by atoms with Crippen molar-refractivity contribution in [2.24, 2.45) is 5.41 Å². The normalized spacial score (nSPS) is 11.5. The Morgan fingerprint density at radius 3 is 2.12 bits per heavy atom. The van der Waals surface area contributed by atoms with Crippen molar-refractivity contribution >= 4 is 32.2 Å². The summed E-state index contributed by atoms with van der Waals surface area (Å²) in [6.07, 6.45) is 0. The van der Waals surface area contributed by atoms with Crippen molar-refractivity contribution in [2.45, 2.75) is 13.8 Å². The number of rotatable bonds is 2. The summed E-state index contributed by atoms with van der Waals surface area (Å²) in [5.74, 6) is 0.358. The van der Waals surface area contributed by atoms with Crippen LogP contribution in [0.4, 0.5) is 0 Å². The first-order valence-electron chi connectivity index (χ1n) is 2.26. The molecule has 0 saturated heterocycles. The molecule has 0 saturated carbocycles. The molecule has 1 nitrogen and oxygen atoms in total. The molecule has 0 aromatic heterocycles. The Bertz CT molecular complexity index is 101. The van der Waals surface area contributed by atoms with E-state index in [0.29, 0.717) is 5.88 Å². The van der Waals surface area contributed by atoms with Crippen LogP contribution in [-0.2, 0) is 4.79 Å². The van der Waals surface area contributed by atoms with E-state index in [1.165, 1.54) is 0 Å². The van der Waals surface area contributed by atoms with E-state index < -0.39 is 5.41 Å². The van der Waals surface area contributed by atoms with Crippen molar-refractivity contribution in [1.29, 1.82) is 0 Å². The van der Waals surface area contributed by atoms with E-state index in [9.17, 15) is 4.79 Å². The Morgan fingerprint density at radius 2 is 2.12 bits per heavy atom. The standard InChI is InChI=1S/C5H8BrClO/c1-5(2,3-7)4(6)8/h3H2,1-2H3. The van der Waals surface area contributed by atoms with Crippen LogP contribution in [0.25, 0.3) is 0 Å².